The van der Waals surface area contributed by atoms with Crippen LogP contribution in [-0.4, -0.2) is 9.97 Å². The van der Waals surface area contributed by atoms with E-state index in [4.69, 9.17) is 21.8 Å². The van der Waals surface area contributed by atoms with E-state index in [1.54, 1.807) is 0 Å². The molecule has 134 valence electrons. The average Bonchev–Trinajstić information content (AvgIpc) is 3.05. The molecule has 4 nitrogen and oxygen atoms in total. The molecular formula is C22H18ClN3O. The number of furan rings is 1. The Morgan fingerprint density at radius 3 is 2.37 bits per heavy atom. The number of nitrogens with two attached hydrogens (primary N) is 1. The van der Waals surface area contributed by atoms with E-state index in [0.29, 0.717) is 16.4 Å². The van der Waals surface area contributed by atoms with Crippen molar-refractivity contribution >= 4 is 22.8 Å². The molecule has 2 aromatic carbocycles. The first-order valence-electron chi connectivity index (χ1n) is 9.04. The van der Waals surface area contributed by atoms with Gasteiger partial charge in [0.25, 0.3) is 0 Å². The Kier molecular flexibility index (Phi) is 3.78. The van der Waals surface area contributed by atoms with Gasteiger partial charge in [0, 0.05) is 11.1 Å². The fourth-order valence-corrected chi connectivity index (χ4v) is 3.86. The van der Waals surface area contributed by atoms with Gasteiger partial charge in [0.1, 0.15) is 16.4 Å². The zero-order valence-corrected chi connectivity index (χ0v) is 15.4. The van der Waals surface area contributed by atoms with Gasteiger partial charge in [0.05, 0.1) is 11.8 Å². The van der Waals surface area contributed by atoms with Crippen molar-refractivity contribution in [2.75, 3.05) is 0 Å². The minimum Gasteiger partial charge on any atom is -0.436 e. The number of aromatic nitrogens is 2. The van der Waals surface area contributed by atoms with Crippen LogP contribution in [0.4, 0.5) is 0 Å². The first kappa shape index (κ1) is 16.5. The predicted octanol–water partition coefficient (Wildman–Crippen LogP) is 5.55. The highest BCUT2D eigenvalue weighted by Gasteiger charge is 2.34. The lowest BCUT2D eigenvalue weighted by atomic mass is 9.72. The fraction of sp³-hybridized carbons (Fsp3) is 0.182. The van der Waals surface area contributed by atoms with Gasteiger partial charge in [-0.3, -0.25) is 0 Å². The largest absolute Gasteiger partial charge is 0.436 e. The summed E-state index contributed by atoms with van der Waals surface area (Å²) >= 11 is 6.10. The van der Waals surface area contributed by atoms with Crippen molar-refractivity contribution in [3.05, 3.63) is 71.5 Å². The van der Waals surface area contributed by atoms with Crippen LogP contribution in [0.1, 0.15) is 24.8 Å². The van der Waals surface area contributed by atoms with E-state index in [1.165, 1.54) is 18.2 Å². The van der Waals surface area contributed by atoms with Gasteiger partial charge in [-0.05, 0) is 30.4 Å². The highest BCUT2D eigenvalue weighted by atomic mass is 35.5. The molecule has 5 rings (SSSR count). The van der Waals surface area contributed by atoms with E-state index in [-0.39, 0.29) is 5.54 Å². The molecule has 0 aliphatic heterocycles. The maximum absolute atomic E-state index is 6.45. The minimum atomic E-state index is -0.175. The van der Waals surface area contributed by atoms with Crippen molar-refractivity contribution in [1.29, 1.82) is 0 Å². The lowest BCUT2D eigenvalue weighted by molar-refractivity contribution is 0.253. The Bertz CT molecular complexity index is 1120. The molecule has 0 spiro atoms. The van der Waals surface area contributed by atoms with E-state index in [9.17, 15) is 0 Å². The molecule has 1 aliphatic carbocycles. The van der Waals surface area contributed by atoms with E-state index in [0.717, 1.165) is 35.3 Å². The zero-order valence-electron chi connectivity index (χ0n) is 14.7. The second-order valence-corrected chi connectivity index (χ2v) is 7.49. The molecule has 0 atom stereocenters. The highest BCUT2D eigenvalue weighted by Crippen LogP contribution is 2.42. The molecule has 0 amide bonds. The summed E-state index contributed by atoms with van der Waals surface area (Å²) in [5, 5.41) is 0.345. The van der Waals surface area contributed by atoms with Gasteiger partial charge in [-0.15, -0.1) is 0 Å². The van der Waals surface area contributed by atoms with Crippen LogP contribution >= 0.6 is 11.6 Å². The van der Waals surface area contributed by atoms with E-state index in [1.807, 2.05) is 30.3 Å². The highest BCUT2D eigenvalue weighted by molar-refractivity contribution is 6.29. The first-order valence-corrected chi connectivity index (χ1v) is 9.42. The van der Waals surface area contributed by atoms with Crippen LogP contribution in [0, 0.1) is 0 Å². The number of hydrogen-bond donors (Lipinski definition) is 1. The number of fused-ring (bicyclic) bond motifs is 1. The third-order valence-corrected chi connectivity index (χ3v) is 5.58. The number of benzene rings is 2. The molecule has 1 saturated carbocycles. The summed E-state index contributed by atoms with van der Waals surface area (Å²) in [7, 11) is 0. The van der Waals surface area contributed by atoms with Gasteiger partial charge < -0.3 is 10.2 Å². The Labute approximate surface area is 162 Å². The predicted molar refractivity (Wildman–Crippen MR) is 107 cm³/mol. The Hall–Kier alpha value is -2.69. The van der Waals surface area contributed by atoms with E-state index < -0.39 is 0 Å². The number of nitrogens with zero attached hydrogens (tertiary/aromatic N) is 2. The summed E-state index contributed by atoms with van der Waals surface area (Å²) in [6.07, 6.45) is 4.78. The molecule has 0 unspecified atom stereocenters. The summed E-state index contributed by atoms with van der Waals surface area (Å²) in [6, 6.07) is 18.4. The Morgan fingerprint density at radius 2 is 1.70 bits per heavy atom. The summed E-state index contributed by atoms with van der Waals surface area (Å²) in [5.74, 6) is 0.740. The van der Waals surface area contributed by atoms with Crippen molar-refractivity contribution < 1.29 is 4.42 Å². The molecule has 5 heteroatoms. The van der Waals surface area contributed by atoms with Gasteiger partial charge in [0.2, 0.25) is 5.71 Å². The first-order chi connectivity index (χ1) is 13.1. The summed E-state index contributed by atoms with van der Waals surface area (Å²) in [4.78, 5) is 8.78. The molecule has 0 radical (unpaired) electrons. The number of rotatable bonds is 3. The molecule has 0 bridgehead atoms. The van der Waals surface area contributed by atoms with Crippen molar-refractivity contribution in [2.24, 2.45) is 5.73 Å². The lowest BCUT2D eigenvalue weighted by Crippen LogP contribution is -2.43. The van der Waals surface area contributed by atoms with E-state index in [2.05, 4.69) is 34.2 Å². The van der Waals surface area contributed by atoms with Crippen LogP contribution in [0.25, 0.3) is 33.7 Å². The zero-order chi connectivity index (χ0) is 18.4. The van der Waals surface area contributed by atoms with Crippen molar-refractivity contribution in [3.63, 3.8) is 0 Å². The average molecular weight is 376 g/mol. The summed E-state index contributed by atoms with van der Waals surface area (Å²) in [5.41, 5.74) is 11.5. The van der Waals surface area contributed by atoms with Crippen LogP contribution in [0.5, 0.6) is 0 Å². The van der Waals surface area contributed by atoms with Crippen molar-refractivity contribution in [1.82, 2.24) is 9.97 Å². The smallest absolute Gasteiger partial charge is 0.246 e. The normalized spacial score (nSPS) is 15.6. The maximum atomic E-state index is 6.45. The van der Waals surface area contributed by atoms with E-state index >= 15 is 0 Å². The molecule has 2 N–H and O–H groups in total. The summed E-state index contributed by atoms with van der Waals surface area (Å²) in [6.45, 7) is 0. The fourth-order valence-electron chi connectivity index (χ4n) is 3.73. The second-order valence-electron chi connectivity index (χ2n) is 7.11. The van der Waals surface area contributed by atoms with Gasteiger partial charge in [-0.25, -0.2) is 9.97 Å². The molecular weight excluding hydrogens is 358 g/mol. The molecule has 1 fully saturated rings. The minimum absolute atomic E-state index is 0.175. The quantitative estimate of drug-likeness (QED) is 0.510. The van der Waals surface area contributed by atoms with Crippen molar-refractivity contribution in [3.8, 4) is 22.5 Å². The monoisotopic (exact) mass is 375 g/mol. The Morgan fingerprint density at radius 1 is 0.963 bits per heavy atom. The van der Waals surface area contributed by atoms with Crippen LogP contribution in [0.15, 0.2) is 65.2 Å². The maximum Gasteiger partial charge on any atom is 0.246 e. The van der Waals surface area contributed by atoms with Gasteiger partial charge in [-0.1, -0.05) is 66.2 Å². The molecule has 0 saturated heterocycles. The van der Waals surface area contributed by atoms with Gasteiger partial charge in [-0.2, -0.15) is 0 Å². The molecule has 4 aromatic rings. The number of halogens is 1. The van der Waals surface area contributed by atoms with Crippen LogP contribution in [0.3, 0.4) is 0 Å². The lowest BCUT2D eigenvalue weighted by Gasteiger charge is -2.38. The van der Waals surface area contributed by atoms with Crippen LogP contribution < -0.4 is 5.73 Å². The third-order valence-electron chi connectivity index (χ3n) is 5.40. The van der Waals surface area contributed by atoms with Crippen LogP contribution in [0.2, 0.25) is 5.15 Å². The standard InChI is InChI=1S/C22H18ClN3O/c23-17-13-25-21-19(26-17)18(14-5-2-1-3-6-14)20(27-21)15-7-9-16(10-8-15)22(24)11-4-12-22/h1-3,5-10,13H,4,11-12,24H2. The number of hydrogen-bond acceptors (Lipinski definition) is 4. The van der Waals surface area contributed by atoms with Gasteiger partial charge in [0.15, 0.2) is 0 Å². The SMILES string of the molecule is NC1(c2ccc(-c3oc4ncc(Cl)nc4c3-c3ccccc3)cc2)CCC1. The van der Waals surface area contributed by atoms with Crippen molar-refractivity contribution in [2.45, 2.75) is 24.8 Å². The molecule has 2 heterocycles. The Balaban J connectivity index is 1.69. The second kappa shape index (κ2) is 6.19. The van der Waals surface area contributed by atoms with Gasteiger partial charge >= 0.3 is 0 Å². The van der Waals surface area contributed by atoms with Crippen LogP contribution in [-0.2, 0) is 5.54 Å². The third kappa shape index (κ3) is 2.73. The topological polar surface area (TPSA) is 64.9 Å². The molecule has 27 heavy (non-hydrogen) atoms. The summed E-state index contributed by atoms with van der Waals surface area (Å²) < 4.78 is 6.10. The molecule has 1 aliphatic rings. The molecule has 2 aromatic heterocycles.